The van der Waals surface area contributed by atoms with E-state index in [2.05, 4.69) is 4.90 Å². The number of hydrogen-bond donors (Lipinski definition) is 0. The van der Waals surface area contributed by atoms with Gasteiger partial charge < -0.3 is 9.64 Å². The molecular formula is C27H26F4N2O2. The highest BCUT2D eigenvalue weighted by Gasteiger charge is 2.33. The van der Waals surface area contributed by atoms with Gasteiger partial charge in [-0.1, -0.05) is 60.7 Å². The molecule has 0 unspecified atom stereocenters. The Morgan fingerprint density at radius 3 is 1.97 bits per heavy atom. The highest BCUT2D eigenvalue weighted by Crippen LogP contribution is 2.31. The zero-order chi connectivity index (χ0) is 24.8. The first-order chi connectivity index (χ1) is 16.8. The molecule has 35 heavy (non-hydrogen) atoms. The third-order valence-corrected chi connectivity index (χ3v) is 6.08. The number of alkyl halides is 3. The first-order valence-electron chi connectivity index (χ1n) is 11.4. The van der Waals surface area contributed by atoms with Gasteiger partial charge in [-0.3, -0.25) is 9.69 Å². The first kappa shape index (κ1) is 24.9. The van der Waals surface area contributed by atoms with Crippen molar-refractivity contribution in [3.63, 3.8) is 0 Å². The minimum absolute atomic E-state index is 0.204. The van der Waals surface area contributed by atoms with E-state index < -0.39 is 29.0 Å². The zero-order valence-electron chi connectivity index (χ0n) is 19.0. The molecule has 1 amide bonds. The Balaban J connectivity index is 1.32. The average molecular weight is 487 g/mol. The number of hydrogen-bond acceptors (Lipinski definition) is 3. The highest BCUT2D eigenvalue weighted by atomic mass is 19.4. The van der Waals surface area contributed by atoms with Crippen molar-refractivity contribution >= 4 is 5.91 Å². The molecule has 4 rings (SSSR count). The SMILES string of the molecule is O=C(c1cc(C(F)(F)F)ccc1F)N1CCN(CCOC(c2ccccc2)c2ccccc2)CC1. The summed E-state index contributed by atoms with van der Waals surface area (Å²) >= 11 is 0. The van der Waals surface area contributed by atoms with Crippen LogP contribution in [0.3, 0.4) is 0 Å². The van der Waals surface area contributed by atoms with E-state index in [1.165, 1.54) is 4.90 Å². The standard InChI is InChI=1S/C27H26F4N2O2/c28-24-12-11-22(27(29,30)31)19-23(24)26(34)33-15-13-32(14-16-33)17-18-35-25(20-7-3-1-4-8-20)21-9-5-2-6-10-21/h1-12,19,25H,13-18H2. The maximum absolute atomic E-state index is 14.1. The largest absolute Gasteiger partial charge is 0.416 e. The molecule has 1 aliphatic rings. The number of rotatable bonds is 7. The molecule has 1 fully saturated rings. The van der Waals surface area contributed by atoms with Gasteiger partial charge in [0, 0.05) is 32.7 Å². The van der Waals surface area contributed by atoms with E-state index >= 15 is 0 Å². The molecule has 1 heterocycles. The average Bonchev–Trinajstić information content (AvgIpc) is 2.87. The van der Waals surface area contributed by atoms with Crippen molar-refractivity contribution in [2.24, 2.45) is 0 Å². The molecule has 0 radical (unpaired) electrons. The molecule has 0 aliphatic carbocycles. The van der Waals surface area contributed by atoms with Crippen LogP contribution in [0.1, 0.15) is 33.2 Å². The van der Waals surface area contributed by atoms with Crippen LogP contribution in [0.5, 0.6) is 0 Å². The van der Waals surface area contributed by atoms with Crippen LogP contribution in [-0.2, 0) is 10.9 Å². The lowest BCUT2D eigenvalue weighted by atomic mass is 10.0. The van der Waals surface area contributed by atoms with Crippen molar-refractivity contribution in [2.45, 2.75) is 12.3 Å². The number of amides is 1. The maximum Gasteiger partial charge on any atom is 0.416 e. The topological polar surface area (TPSA) is 32.8 Å². The van der Waals surface area contributed by atoms with E-state index in [1.807, 2.05) is 60.7 Å². The van der Waals surface area contributed by atoms with Crippen LogP contribution in [-0.4, -0.2) is 55.0 Å². The van der Waals surface area contributed by atoms with E-state index in [1.54, 1.807) is 0 Å². The van der Waals surface area contributed by atoms with Gasteiger partial charge in [-0.25, -0.2) is 4.39 Å². The van der Waals surface area contributed by atoms with Gasteiger partial charge in [-0.15, -0.1) is 0 Å². The maximum atomic E-state index is 14.1. The lowest BCUT2D eigenvalue weighted by molar-refractivity contribution is -0.137. The molecule has 1 aliphatic heterocycles. The van der Waals surface area contributed by atoms with E-state index in [0.717, 1.165) is 11.1 Å². The summed E-state index contributed by atoms with van der Waals surface area (Å²) in [5.74, 6) is -1.68. The fraction of sp³-hybridized carbons (Fsp3) is 0.296. The van der Waals surface area contributed by atoms with Crippen LogP contribution in [0, 0.1) is 5.82 Å². The highest BCUT2D eigenvalue weighted by molar-refractivity contribution is 5.94. The molecular weight excluding hydrogens is 460 g/mol. The lowest BCUT2D eigenvalue weighted by Gasteiger charge is -2.35. The Morgan fingerprint density at radius 1 is 0.857 bits per heavy atom. The van der Waals surface area contributed by atoms with Crippen molar-refractivity contribution in [3.8, 4) is 0 Å². The second-order valence-corrected chi connectivity index (χ2v) is 8.40. The lowest BCUT2D eigenvalue weighted by Crippen LogP contribution is -2.49. The summed E-state index contributed by atoms with van der Waals surface area (Å²) in [6, 6.07) is 21.8. The van der Waals surface area contributed by atoms with Crippen molar-refractivity contribution in [1.82, 2.24) is 9.80 Å². The van der Waals surface area contributed by atoms with Crippen molar-refractivity contribution in [3.05, 3.63) is 107 Å². The van der Waals surface area contributed by atoms with E-state index in [0.29, 0.717) is 57.5 Å². The van der Waals surface area contributed by atoms with Crippen molar-refractivity contribution in [1.29, 1.82) is 0 Å². The summed E-state index contributed by atoms with van der Waals surface area (Å²) in [5, 5.41) is 0. The smallest absolute Gasteiger partial charge is 0.367 e. The second-order valence-electron chi connectivity index (χ2n) is 8.40. The van der Waals surface area contributed by atoms with Crippen LogP contribution < -0.4 is 0 Å². The summed E-state index contributed by atoms with van der Waals surface area (Å²) in [5.41, 5.74) is 0.518. The molecule has 0 atom stereocenters. The number of nitrogens with zero attached hydrogens (tertiary/aromatic N) is 2. The Labute approximate surface area is 201 Å². The Morgan fingerprint density at radius 2 is 1.43 bits per heavy atom. The van der Waals surface area contributed by atoms with Crippen LogP contribution in [0.2, 0.25) is 0 Å². The molecule has 0 aromatic heterocycles. The van der Waals surface area contributed by atoms with Crippen molar-refractivity contribution < 1.29 is 27.1 Å². The molecule has 3 aromatic rings. The summed E-state index contributed by atoms with van der Waals surface area (Å²) in [7, 11) is 0. The van der Waals surface area contributed by atoms with Gasteiger partial charge in [0.25, 0.3) is 5.91 Å². The predicted molar refractivity (Wildman–Crippen MR) is 124 cm³/mol. The molecule has 184 valence electrons. The van der Waals surface area contributed by atoms with Gasteiger partial charge in [-0.05, 0) is 29.3 Å². The minimum Gasteiger partial charge on any atom is -0.367 e. The van der Waals surface area contributed by atoms with Crippen LogP contribution >= 0.6 is 0 Å². The number of halogens is 4. The molecule has 0 bridgehead atoms. The molecule has 8 heteroatoms. The molecule has 0 N–H and O–H groups in total. The second kappa shape index (κ2) is 11.0. The van der Waals surface area contributed by atoms with Crippen LogP contribution in [0.15, 0.2) is 78.9 Å². The van der Waals surface area contributed by atoms with E-state index in [4.69, 9.17) is 4.74 Å². The minimum atomic E-state index is -4.64. The van der Waals surface area contributed by atoms with Crippen molar-refractivity contribution in [2.75, 3.05) is 39.3 Å². The third-order valence-electron chi connectivity index (χ3n) is 6.08. The van der Waals surface area contributed by atoms with E-state index in [9.17, 15) is 22.4 Å². The zero-order valence-corrected chi connectivity index (χ0v) is 19.0. The third kappa shape index (κ3) is 6.26. The van der Waals surface area contributed by atoms with Gasteiger partial charge in [-0.2, -0.15) is 13.2 Å². The van der Waals surface area contributed by atoms with E-state index in [-0.39, 0.29) is 6.10 Å². The number of piperazine rings is 1. The molecule has 0 spiro atoms. The Bertz CT molecular complexity index is 1080. The number of carbonyl (C=O) groups is 1. The summed E-state index contributed by atoms with van der Waals surface area (Å²) in [6.07, 6.45) is -4.84. The number of benzene rings is 3. The molecule has 4 nitrogen and oxygen atoms in total. The summed E-state index contributed by atoms with van der Waals surface area (Å²) < 4.78 is 59.3. The number of carbonyl (C=O) groups excluding carboxylic acids is 1. The van der Waals surface area contributed by atoms with Crippen LogP contribution in [0.25, 0.3) is 0 Å². The van der Waals surface area contributed by atoms with Gasteiger partial charge >= 0.3 is 6.18 Å². The fourth-order valence-electron chi connectivity index (χ4n) is 4.15. The predicted octanol–water partition coefficient (Wildman–Crippen LogP) is 5.41. The Hall–Kier alpha value is -3.23. The van der Waals surface area contributed by atoms with Gasteiger partial charge in [0.2, 0.25) is 0 Å². The molecule has 1 saturated heterocycles. The van der Waals surface area contributed by atoms with Gasteiger partial charge in [0.05, 0.1) is 17.7 Å². The molecule has 3 aromatic carbocycles. The first-order valence-corrected chi connectivity index (χ1v) is 11.4. The normalized spacial score (nSPS) is 14.9. The quantitative estimate of drug-likeness (QED) is 0.419. The van der Waals surface area contributed by atoms with Crippen LogP contribution in [0.4, 0.5) is 17.6 Å². The van der Waals surface area contributed by atoms with Gasteiger partial charge in [0.15, 0.2) is 0 Å². The van der Waals surface area contributed by atoms with Gasteiger partial charge in [0.1, 0.15) is 11.9 Å². The molecule has 0 saturated carbocycles. The Kier molecular flexibility index (Phi) is 7.83. The summed E-state index contributed by atoms with van der Waals surface area (Å²) in [4.78, 5) is 16.2. The fourth-order valence-corrected chi connectivity index (χ4v) is 4.15. The summed E-state index contributed by atoms with van der Waals surface area (Å²) in [6.45, 7) is 2.75. The monoisotopic (exact) mass is 486 g/mol. The number of ether oxygens (including phenoxy) is 1.